The summed E-state index contributed by atoms with van der Waals surface area (Å²) in [4.78, 5) is 30.8. The standard InChI is InChI=1S/C21H23N3O2/c1-15-7-9-17(10-8-15)23-12-11-22(13-16(23)2)14-24-19-6-4-3-5-18(19)20(25)21(24)26/h3-10,16H,11-14H2,1-2H3/t16-/m1/s1. The smallest absolute Gasteiger partial charge is 0.300 e. The minimum Gasteiger partial charge on any atom is -0.366 e. The molecule has 0 N–H and O–H groups in total. The summed E-state index contributed by atoms with van der Waals surface area (Å²) < 4.78 is 0. The van der Waals surface area contributed by atoms with E-state index in [1.165, 1.54) is 11.3 Å². The van der Waals surface area contributed by atoms with Gasteiger partial charge in [-0.1, -0.05) is 29.8 Å². The molecule has 134 valence electrons. The second-order valence-electron chi connectivity index (χ2n) is 7.18. The lowest BCUT2D eigenvalue weighted by Crippen LogP contribution is -2.55. The maximum Gasteiger partial charge on any atom is 0.300 e. The molecule has 26 heavy (non-hydrogen) atoms. The molecule has 2 heterocycles. The summed E-state index contributed by atoms with van der Waals surface area (Å²) in [6.45, 7) is 7.39. The van der Waals surface area contributed by atoms with E-state index in [4.69, 9.17) is 0 Å². The Kier molecular flexibility index (Phi) is 4.24. The van der Waals surface area contributed by atoms with E-state index >= 15 is 0 Å². The Hall–Kier alpha value is -2.66. The Labute approximate surface area is 153 Å². The van der Waals surface area contributed by atoms with Crippen LogP contribution in [0.25, 0.3) is 0 Å². The molecule has 2 aliphatic heterocycles. The number of fused-ring (bicyclic) bond motifs is 1. The normalized spacial score (nSPS) is 20.6. The molecule has 0 aliphatic carbocycles. The predicted octanol–water partition coefficient (Wildman–Crippen LogP) is 2.69. The van der Waals surface area contributed by atoms with Gasteiger partial charge in [0, 0.05) is 31.4 Å². The molecule has 0 spiro atoms. The molecule has 1 amide bonds. The Morgan fingerprint density at radius 3 is 2.46 bits per heavy atom. The van der Waals surface area contributed by atoms with Crippen LogP contribution in [0.15, 0.2) is 48.5 Å². The second kappa shape index (κ2) is 6.57. The van der Waals surface area contributed by atoms with E-state index in [0.29, 0.717) is 18.3 Å². The van der Waals surface area contributed by atoms with Gasteiger partial charge in [-0.15, -0.1) is 0 Å². The van der Waals surface area contributed by atoms with Crippen molar-refractivity contribution in [3.05, 3.63) is 59.7 Å². The number of ketones is 1. The average Bonchev–Trinajstić information content (AvgIpc) is 2.88. The summed E-state index contributed by atoms with van der Waals surface area (Å²) in [6, 6.07) is 16.2. The van der Waals surface area contributed by atoms with Gasteiger partial charge in [0.25, 0.3) is 5.78 Å². The van der Waals surface area contributed by atoms with Crippen molar-refractivity contribution in [2.24, 2.45) is 0 Å². The lowest BCUT2D eigenvalue weighted by molar-refractivity contribution is -0.114. The van der Waals surface area contributed by atoms with Crippen LogP contribution in [0.4, 0.5) is 11.4 Å². The van der Waals surface area contributed by atoms with Crippen LogP contribution in [0, 0.1) is 6.92 Å². The zero-order valence-corrected chi connectivity index (χ0v) is 15.2. The number of anilines is 2. The number of carbonyl (C=O) groups is 2. The zero-order chi connectivity index (χ0) is 18.3. The van der Waals surface area contributed by atoms with Gasteiger partial charge in [0.15, 0.2) is 0 Å². The maximum absolute atomic E-state index is 12.4. The predicted molar refractivity (Wildman–Crippen MR) is 103 cm³/mol. The topological polar surface area (TPSA) is 43.9 Å². The third-order valence-electron chi connectivity index (χ3n) is 5.30. The van der Waals surface area contributed by atoms with E-state index in [9.17, 15) is 9.59 Å². The number of nitrogens with zero attached hydrogens (tertiary/aromatic N) is 3. The van der Waals surface area contributed by atoms with Gasteiger partial charge in [-0.25, -0.2) is 0 Å². The van der Waals surface area contributed by atoms with Crippen molar-refractivity contribution >= 4 is 23.1 Å². The number of hydrogen-bond acceptors (Lipinski definition) is 4. The number of amides is 1. The number of rotatable bonds is 3. The molecule has 1 fully saturated rings. The van der Waals surface area contributed by atoms with Crippen LogP contribution in [0.1, 0.15) is 22.8 Å². The monoisotopic (exact) mass is 349 g/mol. The molecule has 0 saturated carbocycles. The van der Waals surface area contributed by atoms with Crippen LogP contribution in [-0.4, -0.2) is 48.9 Å². The minimum atomic E-state index is -0.417. The van der Waals surface area contributed by atoms with Crippen molar-refractivity contribution in [3.63, 3.8) is 0 Å². The van der Waals surface area contributed by atoms with Crippen molar-refractivity contribution in [1.82, 2.24) is 4.90 Å². The summed E-state index contributed by atoms with van der Waals surface area (Å²) in [5.74, 6) is -0.813. The fourth-order valence-corrected chi connectivity index (χ4v) is 3.87. The lowest BCUT2D eigenvalue weighted by Gasteiger charge is -2.42. The van der Waals surface area contributed by atoms with Gasteiger partial charge in [0.05, 0.1) is 17.9 Å². The molecule has 0 aromatic heterocycles. The van der Waals surface area contributed by atoms with Crippen LogP contribution in [0.5, 0.6) is 0 Å². The van der Waals surface area contributed by atoms with E-state index in [2.05, 4.69) is 47.9 Å². The number of Topliss-reactive ketones (excluding diaryl/α,β-unsaturated/α-hetero) is 1. The summed E-state index contributed by atoms with van der Waals surface area (Å²) in [5, 5.41) is 0. The highest BCUT2D eigenvalue weighted by Gasteiger charge is 2.37. The van der Waals surface area contributed by atoms with Gasteiger partial charge in [-0.2, -0.15) is 0 Å². The van der Waals surface area contributed by atoms with E-state index in [1.807, 2.05) is 12.1 Å². The number of benzene rings is 2. The third-order valence-corrected chi connectivity index (χ3v) is 5.30. The first-order valence-electron chi connectivity index (χ1n) is 9.05. The SMILES string of the molecule is Cc1ccc(N2CCN(CN3C(=O)C(=O)c4ccccc43)C[C@H]2C)cc1. The van der Waals surface area contributed by atoms with E-state index in [-0.39, 0.29) is 0 Å². The number of aryl methyl sites for hydroxylation is 1. The largest absolute Gasteiger partial charge is 0.366 e. The fourth-order valence-electron chi connectivity index (χ4n) is 3.87. The first-order chi connectivity index (χ1) is 12.5. The second-order valence-corrected chi connectivity index (χ2v) is 7.18. The van der Waals surface area contributed by atoms with Gasteiger partial charge >= 0.3 is 5.91 Å². The average molecular weight is 349 g/mol. The van der Waals surface area contributed by atoms with Gasteiger partial charge in [0.1, 0.15) is 0 Å². The Balaban J connectivity index is 1.46. The first-order valence-corrected chi connectivity index (χ1v) is 9.05. The van der Waals surface area contributed by atoms with Crippen molar-refractivity contribution in [2.45, 2.75) is 19.9 Å². The molecule has 2 aromatic rings. The number of carbonyl (C=O) groups excluding carboxylic acids is 2. The van der Waals surface area contributed by atoms with Crippen LogP contribution in [0.2, 0.25) is 0 Å². The molecule has 0 bridgehead atoms. The molecule has 5 heteroatoms. The Morgan fingerprint density at radius 2 is 1.73 bits per heavy atom. The summed E-state index contributed by atoms with van der Waals surface area (Å²) in [7, 11) is 0. The van der Waals surface area contributed by atoms with Gasteiger partial charge in [-0.05, 0) is 38.1 Å². The van der Waals surface area contributed by atoms with Crippen LogP contribution in [0.3, 0.4) is 0 Å². The Morgan fingerprint density at radius 1 is 1.00 bits per heavy atom. The van der Waals surface area contributed by atoms with Crippen molar-refractivity contribution in [2.75, 3.05) is 36.1 Å². The molecule has 4 rings (SSSR count). The highest BCUT2D eigenvalue weighted by molar-refractivity contribution is 6.52. The molecule has 2 aromatic carbocycles. The summed E-state index contributed by atoms with van der Waals surface area (Å²) >= 11 is 0. The van der Waals surface area contributed by atoms with E-state index in [1.54, 1.807) is 17.0 Å². The maximum atomic E-state index is 12.4. The van der Waals surface area contributed by atoms with E-state index in [0.717, 1.165) is 25.3 Å². The first kappa shape index (κ1) is 16.8. The van der Waals surface area contributed by atoms with E-state index < -0.39 is 11.7 Å². The molecule has 2 aliphatic rings. The molecule has 1 atom stereocenters. The third kappa shape index (κ3) is 2.88. The number of piperazine rings is 1. The number of hydrogen-bond donors (Lipinski definition) is 0. The van der Waals surface area contributed by atoms with Gasteiger partial charge in [-0.3, -0.25) is 19.4 Å². The van der Waals surface area contributed by atoms with Gasteiger partial charge < -0.3 is 4.90 Å². The number of para-hydroxylation sites is 1. The van der Waals surface area contributed by atoms with Crippen molar-refractivity contribution in [1.29, 1.82) is 0 Å². The molecule has 5 nitrogen and oxygen atoms in total. The fraction of sp³-hybridized carbons (Fsp3) is 0.333. The molecule has 1 saturated heterocycles. The molecule has 0 radical (unpaired) electrons. The quantitative estimate of drug-likeness (QED) is 0.799. The highest BCUT2D eigenvalue weighted by atomic mass is 16.2. The highest BCUT2D eigenvalue weighted by Crippen LogP contribution is 2.29. The molecular formula is C21H23N3O2. The Bertz CT molecular complexity index is 847. The van der Waals surface area contributed by atoms with Crippen LogP contribution >= 0.6 is 0 Å². The molecular weight excluding hydrogens is 326 g/mol. The van der Waals surface area contributed by atoms with Crippen molar-refractivity contribution < 1.29 is 9.59 Å². The zero-order valence-electron chi connectivity index (χ0n) is 15.2. The minimum absolute atomic E-state index is 0.343. The summed E-state index contributed by atoms with van der Waals surface area (Å²) in [6.07, 6.45) is 0. The van der Waals surface area contributed by atoms with Crippen LogP contribution < -0.4 is 9.80 Å². The summed E-state index contributed by atoms with van der Waals surface area (Å²) in [5.41, 5.74) is 3.75. The van der Waals surface area contributed by atoms with Gasteiger partial charge in [0.2, 0.25) is 0 Å². The molecule has 0 unspecified atom stereocenters. The lowest BCUT2D eigenvalue weighted by atomic mass is 10.1. The van der Waals surface area contributed by atoms with Crippen molar-refractivity contribution in [3.8, 4) is 0 Å². The van der Waals surface area contributed by atoms with Crippen LogP contribution in [-0.2, 0) is 4.79 Å².